The van der Waals surface area contributed by atoms with Crippen LogP contribution in [0.2, 0.25) is 0 Å². The van der Waals surface area contributed by atoms with Crippen LogP contribution >= 0.6 is 0 Å². The summed E-state index contributed by atoms with van der Waals surface area (Å²) < 4.78 is 7.31. The monoisotopic (exact) mass is 495 g/mol. The lowest BCUT2D eigenvalue weighted by molar-refractivity contribution is -0.118. The highest BCUT2D eigenvalue weighted by Gasteiger charge is 2.21. The second kappa shape index (κ2) is 11.8. The predicted octanol–water partition coefficient (Wildman–Crippen LogP) is 2.63. The fourth-order valence-electron chi connectivity index (χ4n) is 3.72. The number of amides is 3. The first-order valence-electron chi connectivity index (χ1n) is 11.5. The van der Waals surface area contributed by atoms with E-state index in [1.54, 1.807) is 12.3 Å². The summed E-state index contributed by atoms with van der Waals surface area (Å²) in [5, 5.41) is 13.7. The number of hydrogen-bond acceptors (Lipinski definition) is 6. The van der Waals surface area contributed by atoms with E-state index in [2.05, 4.69) is 29.5 Å². The lowest BCUT2D eigenvalue weighted by atomic mass is 10.0. The van der Waals surface area contributed by atoms with Gasteiger partial charge in [-0.05, 0) is 55.0 Å². The normalized spacial score (nSPS) is 12.2. The van der Waals surface area contributed by atoms with E-state index in [1.165, 1.54) is 16.7 Å². The molecule has 3 rings (SSSR count). The van der Waals surface area contributed by atoms with E-state index in [9.17, 15) is 19.2 Å². The first-order chi connectivity index (χ1) is 17.1. The van der Waals surface area contributed by atoms with Gasteiger partial charge in [-0.3, -0.25) is 14.4 Å². The fourth-order valence-corrected chi connectivity index (χ4v) is 3.72. The summed E-state index contributed by atoms with van der Waals surface area (Å²) in [7, 11) is 0. The summed E-state index contributed by atoms with van der Waals surface area (Å²) in [5.41, 5.74) is 6.93. The SMILES string of the molecule is CC(C)Cc1cccc2nc(Cn3cccc(NC(=O)C(CC/C=C/C(N)=O)NC(=O)O)c3=O)oc12. The first-order valence-corrected chi connectivity index (χ1v) is 11.5. The molecule has 1 atom stereocenters. The lowest BCUT2D eigenvalue weighted by Gasteiger charge is -2.16. The van der Waals surface area contributed by atoms with Gasteiger partial charge in [-0.15, -0.1) is 0 Å². The molecular weight excluding hydrogens is 466 g/mol. The van der Waals surface area contributed by atoms with Gasteiger partial charge in [0.15, 0.2) is 5.58 Å². The van der Waals surface area contributed by atoms with E-state index in [1.807, 2.05) is 18.2 Å². The first kappa shape index (κ1) is 26.2. The van der Waals surface area contributed by atoms with Gasteiger partial charge in [0.1, 0.15) is 23.8 Å². The molecule has 3 amide bonds. The van der Waals surface area contributed by atoms with Gasteiger partial charge in [0, 0.05) is 6.20 Å². The van der Waals surface area contributed by atoms with Gasteiger partial charge in [0.25, 0.3) is 5.56 Å². The molecule has 11 heteroatoms. The summed E-state index contributed by atoms with van der Waals surface area (Å²) >= 11 is 0. The number of carbonyl (C=O) groups excluding carboxylic acids is 2. The fraction of sp³-hybridized carbons (Fsp3) is 0.320. The van der Waals surface area contributed by atoms with E-state index < -0.39 is 29.5 Å². The number of nitrogens with zero attached hydrogens (tertiary/aromatic N) is 2. The zero-order valence-electron chi connectivity index (χ0n) is 20.1. The molecule has 1 aromatic carbocycles. The molecule has 0 aliphatic carbocycles. The quantitative estimate of drug-likeness (QED) is 0.296. The molecule has 0 aliphatic heterocycles. The Kier molecular flexibility index (Phi) is 8.61. The minimum atomic E-state index is -1.40. The number of nitrogens with two attached hydrogens (primary N) is 1. The van der Waals surface area contributed by atoms with Gasteiger partial charge in [-0.25, -0.2) is 9.78 Å². The highest BCUT2D eigenvalue weighted by molar-refractivity contribution is 5.96. The van der Waals surface area contributed by atoms with Crippen LogP contribution in [-0.2, 0) is 22.6 Å². The molecule has 0 saturated carbocycles. The largest absolute Gasteiger partial charge is 0.465 e. The molecule has 36 heavy (non-hydrogen) atoms. The second-order valence-electron chi connectivity index (χ2n) is 8.70. The van der Waals surface area contributed by atoms with E-state index >= 15 is 0 Å². The Morgan fingerprint density at radius 2 is 2.00 bits per heavy atom. The average Bonchev–Trinajstić information content (AvgIpc) is 3.21. The number of nitrogens with one attached hydrogen (secondary N) is 2. The van der Waals surface area contributed by atoms with Crippen LogP contribution in [0.25, 0.3) is 11.1 Å². The number of benzene rings is 1. The number of carboxylic acid groups (broad SMARTS) is 1. The van der Waals surface area contributed by atoms with Crippen LogP contribution in [0.15, 0.2) is 57.9 Å². The number of rotatable bonds is 11. The van der Waals surface area contributed by atoms with Crippen molar-refractivity contribution in [1.29, 1.82) is 0 Å². The van der Waals surface area contributed by atoms with Crippen LogP contribution in [0.4, 0.5) is 10.5 Å². The molecule has 3 aromatic rings. The maximum atomic E-state index is 13.0. The number of anilines is 1. The van der Waals surface area contributed by atoms with Crippen molar-refractivity contribution in [2.75, 3.05) is 5.32 Å². The molecule has 0 spiro atoms. The summed E-state index contributed by atoms with van der Waals surface area (Å²) in [4.78, 5) is 52.1. The van der Waals surface area contributed by atoms with Crippen molar-refractivity contribution in [3.05, 3.63) is 70.5 Å². The smallest absolute Gasteiger partial charge is 0.405 e. The molecule has 0 bridgehead atoms. The molecule has 2 aromatic heterocycles. The number of allylic oxidation sites excluding steroid dienone is 1. The van der Waals surface area contributed by atoms with Gasteiger partial charge in [0.2, 0.25) is 17.7 Å². The van der Waals surface area contributed by atoms with Gasteiger partial charge in [-0.1, -0.05) is 32.1 Å². The van der Waals surface area contributed by atoms with E-state index in [0.29, 0.717) is 22.9 Å². The molecule has 11 nitrogen and oxygen atoms in total. The Balaban J connectivity index is 1.77. The second-order valence-corrected chi connectivity index (χ2v) is 8.70. The third-order valence-electron chi connectivity index (χ3n) is 5.27. The summed E-state index contributed by atoms with van der Waals surface area (Å²) in [5.74, 6) is -0.578. The minimum Gasteiger partial charge on any atom is -0.465 e. The molecule has 190 valence electrons. The lowest BCUT2D eigenvalue weighted by Crippen LogP contribution is -2.44. The van der Waals surface area contributed by atoms with Crippen molar-refractivity contribution >= 4 is 34.7 Å². The van der Waals surface area contributed by atoms with Crippen LogP contribution in [0, 0.1) is 5.92 Å². The van der Waals surface area contributed by atoms with Crippen molar-refractivity contribution < 1.29 is 23.9 Å². The minimum absolute atomic E-state index is 0.0241. The van der Waals surface area contributed by atoms with Crippen molar-refractivity contribution in [2.45, 2.75) is 45.7 Å². The van der Waals surface area contributed by atoms with Crippen molar-refractivity contribution in [1.82, 2.24) is 14.9 Å². The van der Waals surface area contributed by atoms with Crippen LogP contribution in [0.3, 0.4) is 0 Å². The number of para-hydroxylation sites is 1. The summed E-state index contributed by atoms with van der Waals surface area (Å²) in [6.07, 6.45) is 3.83. The van der Waals surface area contributed by atoms with Crippen LogP contribution in [0.1, 0.15) is 38.1 Å². The number of aromatic nitrogens is 2. The molecule has 0 radical (unpaired) electrons. The Labute approximate surface area is 207 Å². The Morgan fingerprint density at radius 1 is 1.22 bits per heavy atom. The number of primary amides is 1. The van der Waals surface area contributed by atoms with Crippen molar-refractivity contribution in [2.24, 2.45) is 11.7 Å². The third-order valence-corrected chi connectivity index (χ3v) is 5.27. The Hall–Kier alpha value is -4.41. The maximum absolute atomic E-state index is 13.0. The van der Waals surface area contributed by atoms with Crippen molar-refractivity contribution in [3.8, 4) is 0 Å². The molecule has 0 fully saturated rings. The van der Waals surface area contributed by atoms with Gasteiger partial charge < -0.3 is 30.5 Å². The van der Waals surface area contributed by atoms with E-state index in [4.69, 9.17) is 15.3 Å². The highest BCUT2D eigenvalue weighted by atomic mass is 16.4. The highest BCUT2D eigenvalue weighted by Crippen LogP contribution is 2.23. The molecule has 1 unspecified atom stereocenters. The third kappa shape index (κ3) is 7.05. The number of carbonyl (C=O) groups is 3. The zero-order valence-corrected chi connectivity index (χ0v) is 20.1. The molecule has 2 heterocycles. The van der Waals surface area contributed by atoms with Gasteiger partial charge in [0.05, 0.1) is 0 Å². The number of fused-ring (bicyclic) bond motifs is 1. The van der Waals surface area contributed by atoms with Gasteiger partial charge >= 0.3 is 6.09 Å². The topological polar surface area (TPSA) is 170 Å². The molecular formula is C25H29N5O6. The van der Waals surface area contributed by atoms with Gasteiger partial charge in [-0.2, -0.15) is 0 Å². The summed E-state index contributed by atoms with van der Waals surface area (Å²) in [6.45, 7) is 4.28. The number of pyridine rings is 1. The maximum Gasteiger partial charge on any atom is 0.405 e. The van der Waals surface area contributed by atoms with E-state index in [0.717, 1.165) is 18.1 Å². The van der Waals surface area contributed by atoms with Crippen LogP contribution in [-0.4, -0.2) is 38.6 Å². The molecule has 0 saturated heterocycles. The Bertz CT molecular complexity index is 1340. The standard InChI is InChI=1S/C25H29N5O6/c1-15(2)13-16-7-5-9-17-22(16)36-21(27-17)14-30-12-6-10-19(24(30)33)28-23(32)18(29-25(34)35)8-3-4-11-20(26)31/h4-7,9-12,15,18,29H,3,8,13-14H2,1-2H3,(H2,26,31)(H,28,32)(H,34,35)/b11-4+. The van der Waals surface area contributed by atoms with Crippen LogP contribution in [0.5, 0.6) is 0 Å². The Morgan fingerprint density at radius 3 is 2.69 bits per heavy atom. The predicted molar refractivity (Wildman–Crippen MR) is 134 cm³/mol. The molecule has 5 N–H and O–H groups in total. The zero-order chi connectivity index (χ0) is 26.2. The average molecular weight is 496 g/mol. The summed E-state index contributed by atoms with van der Waals surface area (Å²) in [6, 6.07) is 7.61. The molecule has 0 aliphatic rings. The van der Waals surface area contributed by atoms with E-state index in [-0.39, 0.29) is 25.1 Å². The van der Waals surface area contributed by atoms with Crippen molar-refractivity contribution in [3.63, 3.8) is 0 Å². The number of oxazole rings is 1. The van der Waals surface area contributed by atoms with Crippen LogP contribution < -0.4 is 21.9 Å². The number of hydrogen-bond donors (Lipinski definition) is 4.